The van der Waals surface area contributed by atoms with Gasteiger partial charge in [0.2, 0.25) is 0 Å². The van der Waals surface area contributed by atoms with E-state index in [0.29, 0.717) is 11.1 Å². The highest BCUT2D eigenvalue weighted by atomic mass is 19.1. The van der Waals surface area contributed by atoms with Crippen molar-refractivity contribution in [1.29, 1.82) is 0 Å². The molecule has 0 nitrogen and oxygen atoms in total. The fourth-order valence-electron chi connectivity index (χ4n) is 1.84. The van der Waals surface area contributed by atoms with Crippen molar-refractivity contribution in [2.45, 2.75) is 26.2 Å². The van der Waals surface area contributed by atoms with E-state index in [9.17, 15) is 8.78 Å². The Bertz CT molecular complexity index is 548. The number of hydrogen-bond acceptors (Lipinski definition) is 0. The Labute approximate surface area is 106 Å². The van der Waals surface area contributed by atoms with E-state index in [-0.39, 0.29) is 17.0 Å². The number of halogens is 2. The van der Waals surface area contributed by atoms with Gasteiger partial charge >= 0.3 is 0 Å². The standard InChI is InChI=1S/C16H16F2/c1-16(2,3)12-6-9-15(18)14(10-12)11-4-7-13(17)8-5-11/h4-10H,1-3H3. The minimum absolute atomic E-state index is 0.0392. The van der Waals surface area contributed by atoms with Gasteiger partial charge in [-0.3, -0.25) is 0 Å². The topological polar surface area (TPSA) is 0 Å². The molecule has 2 rings (SSSR count). The fourth-order valence-corrected chi connectivity index (χ4v) is 1.84. The van der Waals surface area contributed by atoms with E-state index in [0.717, 1.165) is 5.56 Å². The minimum atomic E-state index is -0.314. The molecule has 0 aliphatic rings. The van der Waals surface area contributed by atoms with Gasteiger partial charge in [0, 0.05) is 5.56 Å². The van der Waals surface area contributed by atoms with Crippen LogP contribution < -0.4 is 0 Å². The van der Waals surface area contributed by atoms with E-state index < -0.39 is 0 Å². The Balaban J connectivity index is 2.53. The zero-order chi connectivity index (χ0) is 13.3. The molecule has 2 aromatic rings. The molecule has 0 atom stereocenters. The van der Waals surface area contributed by atoms with E-state index in [1.165, 1.54) is 18.2 Å². The third kappa shape index (κ3) is 2.58. The predicted molar refractivity (Wildman–Crippen MR) is 70.5 cm³/mol. The molecule has 0 spiro atoms. The molecular weight excluding hydrogens is 230 g/mol. The monoisotopic (exact) mass is 246 g/mol. The van der Waals surface area contributed by atoms with E-state index in [2.05, 4.69) is 20.8 Å². The van der Waals surface area contributed by atoms with Crippen molar-refractivity contribution in [3.05, 3.63) is 59.7 Å². The van der Waals surface area contributed by atoms with Crippen LogP contribution in [0.4, 0.5) is 8.78 Å². The predicted octanol–water partition coefficient (Wildman–Crippen LogP) is 4.93. The Kier molecular flexibility index (Phi) is 3.20. The second-order valence-corrected chi connectivity index (χ2v) is 5.45. The summed E-state index contributed by atoms with van der Waals surface area (Å²) < 4.78 is 26.7. The Morgan fingerprint density at radius 2 is 1.44 bits per heavy atom. The van der Waals surface area contributed by atoms with Crippen LogP contribution in [0.25, 0.3) is 11.1 Å². The van der Waals surface area contributed by atoms with Gasteiger partial charge in [0.15, 0.2) is 0 Å². The zero-order valence-electron chi connectivity index (χ0n) is 10.8. The van der Waals surface area contributed by atoms with Gasteiger partial charge in [-0.15, -0.1) is 0 Å². The van der Waals surface area contributed by atoms with Gasteiger partial charge in [0.05, 0.1) is 0 Å². The second kappa shape index (κ2) is 4.52. The summed E-state index contributed by atoms with van der Waals surface area (Å²) in [5.41, 5.74) is 2.23. The van der Waals surface area contributed by atoms with Crippen LogP contribution in [0.15, 0.2) is 42.5 Å². The summed E-state index contributed by atoms with van der Waals surface area (Å²) in [6.45, 7) is 6.23. The second-order valence-electron chi connectivity index (χ2n) is 5.45. The fraction of sp³-hybridized carbons (Fsp3) is 0.250. The molecule has 0 heterocycles. The smallest absolute Gasteiger partial charge is 0.131 e. The third-order valence-electron chi connectivity index (χ3n) is 2.99. The number of rotatable bonds is 1. The molecule has 0 saturated heterocycles. The first-order chi connectivity index (χ1) is 8.38. The average Bonchev–Trinajstić information content (AvgIpc) is 2.29. The van der Waals surface area contributed by atoms with Crippen LogP contribution in [0, 0.1) is 11.6 Å². The average molecular weight is 246 g/mol. The van der Waals surface area contributed by atoms with E-state index >= 15 is 0 Å². The maximum Gasteiger partial charge on any atom is 0.131 e. The van der Waals surface area contributed by atoms with Crippen molar-refractivity contribution in [1.82, 2.24) is 0 Å². The van der Waals surface area contributed by atoms with Crippen LogP contribution in [-0.4, -0.2) is 0 Å². The lowest BCUT2D eigenvalue weighted by molar-refractivity contribution is 0.584. The number of hydrogen-bond donors (Lipinski definition) is 0. The molecule has 0 amide bonds. The normalized spacial score (nSPS) is 11.6. The lowest BCUT2D eigenvalue weighted by Crippen LogP contribution is -2.11. The molecule has 0 fully saturated rings. The lowest BCUT2D eigenvalue weighted by atomic mass is 9.85. The van der Waals surface area contributed by atoms with Crippen molar-refractivity contribution < 1.29 is 8.78 Å². The summed E-state index contributed by atoms with van der Waals surface area (Å²) in [6.07, 6.45) is 0. The summed E-state index contributed by atoms with van der Waals surface area (Å²) in [6, 6.07) is 11.0. The van der Waals surface area contributed by atoms with Crippen molar-refractivity contribution >= 4 is 0 Å². The van der Waals surface area contributed by atoms with Crippen molar-refractivity contribution in [3.8, 4) is 11.1 Å². The summed E-state index contributed by atoms with van der Waals surface area (Å²) in [5, 5.41) is 0. The first-order valence-electron chi connectivity index (χ1n) is 5.94. The van der Waals surface area contributed by atoms with E-state index in [1.807, 2.05) is 6.07 Å². The zero-order valence-corrected chi connectivity index (χ0v) is 10.8. The maximum absolute atomic E-state index is 13.9. The summed E-state index contributed by atoms with van der Waals surface area (Å²) in [7, 11) is 0. The first kappa shape index (κ1) is 12.7. The third-order valence-corrected chi connectivity index (χ3v) is 2.99. The molecule has 0 aliphatic heterocycles. The van der Waals surface area contributed by atoms with Crippen LogP contribution in [-0.2, 0) is 5.41 Å². The molecule has 0 saturated carbocycles. The molecule has 0 N–H and O–H groups in total. The molecular formula is C16H16F2. The van der Waals surface area contributed by atoms with Crippen LogP contribution in [0.3, 0.4) is 0 Å². The summed E-state index contributed by atoms with van der Waals surface area (Å²) in [4.78, 5) is 0. The van der Waals surface area contributed by atoms with Crippen LogP contribution in [0.5, 0.6) is 0 Å². The Morgan fingerprint density at radius 3 is 2.00 bits per heavy atom. The Hall–Kier alpha value is -1.70. The summed E-state index contributed by atoms with van der Waals surface area (Å²) in [5.74, 6) is -0.597. The van der Waals surface area contributed by atoms with Gasteiger partial charge in [-0.1, -0.05) is 39.0 Å². The van der Waals surface area contributed by atoms with Gasteiger partial charge in [-0.05, 0) is 40.8 Å². The van der Waals surface area contributed by atoms with E-state index in [4.69, 9.17) is 0 Å². The molecule has 0 aliphatic carbocycles. The SMILES string of the molecule is CC(C)(C)c1ccc(F)c(-c2ccc(F)cc2)c1. The van der Waals surface area contributed by atoms with Gasteiger partial charge in [-0.2, -0.15) is 0 Å². The van der Waals surface area contributed by atoms with Gasteiger partial charge in [0.1, 0.15) is 11.6 Å². The van der Waals surface area contributed by atoms with Crippen molar-refractivity contribution in [2.75, 3.05) is 0 Å². The first-order valence-corrected chi connectivity index (χ1v) is 5.94. The molecule has 94 valence electrons. The van der Waals surface area contributed by atoms with Crippen LogP contribution in [0.2, 0.25) is 0 Å². The van der Waals surface area contributed by atoms with Gasteiger partial charge < -0.3 is 0 Å². The van der Waals surface area contributed by atoms with Crippen LogP contribution >= 0.6 is 0 Å². The highest BCUT2D eigenvalue weighted by Crippen LogP contribution is 2.29. The quantitative estimate of drug-likeness (QED) is 0.669. The van der Waals surface area contributed by atoms with Gasteiger partial charge in [0.25, 0.3) is 0 Å². The van der Waals surface area contributed by atoms with Gasteiger partial charge in [-0.25, -0.2) is 8.78 Å². The highest BCUT2D eigenvalue weighted by Gasteiger charge is 2.16. The maximum atomic E-state index is 13.9. The molecule has 2 aromatic carbocycles. The summed E-state index contributed by atoms with van der Waals surface area (Å²) >= 11 is 0. The van der Waals surface area contributed by atoms with Crippen LogP contribution in [0.1, 0.15) is 26.3 Å². The highest BCUT2D eigenvalue weighted by molar-refractivity contribution is 5.65. The number of benzene rings is 2. The van der Waals surface area contributed by atoms with Crippen molar-refractivity contribution in [2.24, 2.45) is 0 Å². The van der Waals surface area contributed by atoms with E-state index in [1.54, 1.807) is 18.2 Å². The minimum Gasteiger partial charge on any atom is -0.207 e. The molecule has 2 heteroatoms. The largest absolute Gasteiger partial charge is 0.207 e. The molecule has 0 radical (unpaired) electrons. The molecule has 18 heavy (non-hydrogen) atoms. The van der Waals surface area contributed by atoms with Crippen molar-refractivity contribution in [3.63, 3.8) is 0 Å². The lowest BCUT2D eigenvalue weighted by Gasteiger charge is -2.20. The molecule has 0 aromatic heterocycles. The Morgan fingerprint density at radius 1 is 0.833 bits per heavy atom. The molecule has 0 unspecified atom stereocenters. The molecule has 0 bridgehead atoms.